The average Bonchev–Trinajstić information content (AvgIpc) is 3.01. The highest BCUT2D eigenvalue weighted by Crippen LogP contribution is 2.22. The van der Waals surface area contributed by atoms with Crippen LogP contribution in [0, 0.1) is 17.6 Å². The predicted octanol–water partition coefficient (Wildman–Crippen LogP) is 3.38. The molecular formula is C19H20F2N2O. The van der Waals surface area contributed by atoms with Crippen LogP contribution in [0.3, 0.4) is 0 Å². The van der Waals surface area contributed by atoms with E-state index in [1.807, 2.05) is 17.0 Å². The maximum Gasteiger partial charge on any atom is 0.222 e. The largest absolute Gasteiger partial charge is 0.342 e. The van der Waals surface area contributed by atoms with Crippen LogP contribution in [-0.2, 0) is 17.6 Å². The molecule has 1 fully saturated rings. The molecule has 5 heteroatoms. The van der Waals surface area contributed by atoms with E-state index in [4.69, 9.17) is 0 Å². The van der Waals surface area contributed by atoms with Crippen molar-refractivity contribution in [2.75, 3.05) is 13.1 Å². The van der Waals surface area contributed by atoms with E-state index in [2.05, 4.69) is 4.98 Å². The summed E-state index contributed by atoms with van der Waals surface area (Å²) >= 11 is 0. The Labute approximate surface area is 140 Å². The molecule has 0 N–H and O–H groups in total. The third-order valence-corrected chi connectivity index (χ3v) is 4.46. The van der Waals surface area contributed by atoms with Crippen LogP contribution >= 0.6 is 0 Å². The zero-order valence-corrected chi connectivity index (χ0v) is 13.4. The van der Waals surface area contributed by atoms with E-state index in [9.17, 15) is 13.6 Å². The van der Waals surface area contributed by atoms with Crippen molar-refractivity contribution < 1.29 is 13.6 Å². The highest BCUT2D eigenvalue weighted by Gasteiger charge is 2.26. The zero-order valence-electron chi connectivity index (χ0n) is 13.4. The van der Waals surface area contributed by atoms with E-state index in [-0.39, 0.29) is 11.8 Å². The molecule has 2 heterocycles. The molecule has 0 spiro atoms. The minimum Gasteiger partial charge on any atom is -0.342 e. The van der Waals surface area contributed by atoms with Gasteiger partial charge < -0.3 is 4.90 Å². The fraction of sp³-hybridized carbons (Fsp3) is 0.368. The van der Waals surface area contributed by atoms with Gasteiger partial charge in [0, 0.05) is 38.0 Å². The van der Waals surface area contributed by atoms with E-state index in [0.29, 0.717) is 31.4 Å². The first-order valence-corrected chi connectivity index (χ1v) is 8.22. The van der Waals surface area contributed by atoms with Gasteiger partial charge >= 0.3 is 0 Å². The van der Waals surface area contributed by atoms with Crippen LogP contribution in [0.1, 0.15) is 24.0 Å². The summed E-state index contributed by atoms with van der Waals surface area (Å²) in [7, 11) is 0. The Hall–Kier alpha value is -2.30. The van der Waals surface area contributed by atoms with Gasteiger partial charge in [-0.2, -0.15) is 0 Å². The SMILES string of the molecule is O=C(CCc1ccncc1)N1CCC(Cc2cc(F)cc(F)c2)C1. The molecule has 0 bridgehead atoms. The minimum absolute atomic E-state index is 0.139. The van der Waals surface area contributed by atoms with E-state index in [0.717, 1.165) is 24.6 Å². The first-order valence-electron chi connectivity index (χ1n) is 8.22. The molecule has 1 atom stereocenters. The molecule has 2 aromatic rings. The van der Waals surface area contributed by atoms with Gasteiger partial charge in [-0.3, -0.25) is 9.78 Å². The van der Waals surface area contributed by atoms with E-state index in [1.54, 1.807) is 12.4 Å². The van der Waals surface area contributed by atoms with Crippen LogP contribution in [0.5, 0.6) is 0 Å². The van der Waals surface area contributed by atoms with Crippen molar-refractivity contribution in [1.82, 2.24) is 9.88 Å². The molecule has 0 saturated carbocycles. The number of carbonyl (C=O) groups is 1. The number of pyridine rings is 1. The average molecular weight is 330 g/mol. The first-order chi connectivity index (χ1) is 11.6. The lowest BCUT2D eigenvalue weighted by atomic mass is 9.98. The minimum atomic E-state index is -0.548. The van der Waals surface area contributed by atoms with Gasteiger partial charge in [0.05, 0.1) is 0 Å². The molecule has 126 valence electrons. The van der Waals surface area contributed by atoms with Crippen LogP contribution in [0.25, 0.3) is 0 Å². The smallest absolute Gasteiger partial charge is 0.222 e. The van der Waals surface area contributed by atoms with Gasteiger partial charge in [0.25, 0.3) is 0 Å². The number of hydrogen-bond acceptors (Lipinski definition) is 2. The van der Waals surface area contributed by atoms with Crippen LogP contribution in [-0.4, -0.2) is 28.9 Å². The number of halogens is 2. The lowest BCUT2D eigenvalue weighted by Crippen LogP contribution is -2.29. The molecule has 1 aromatic heterocycles. The summed E-state index contributed by atoms with van der Waals surface area (Å²) in [6, 6.07) is 7.46. The summed E-state index contributed by atoms with van der Waals surface area (Å²) in [6.45, 7) is 1.38. The van der Waals surface area contributed by atoms with Crippen molar-refractivity contribution in [1.29, 1.82) is 0 Å². The van der Waals surface area contributed by atoms with E-state index < -0.39 is 11.6 Å². The second-order valence-corrected chi connectivity index (χ2v) is 6.33. The topological polar surface area (TPSA) is 33.2 Å². The molecule has 1 aliphatic rings. The van der Waals surface area contributed by atoms with Gasteiger partial charge in [-0.25, -0.2) is 8.78 Å². The lowest BCUT2D eigenvalue weighted by molar-refractivity contribution is -0.130. The number of aromatic nitrogens is 1. The van der Waals surface area contributed by atoms with Crippen LogP contribution < -0.4 is 0 Å². The maximum atomic E-state index is 13.3. The molecule has 0 radical (unpaired) electrons. The fourth-order valence-electron chi connectivity index (χ4n) is 3.25. The Kier molecular flexibility index (Phi) is 5.18. The summed E-state index contributed by atoms with van der Waals surface area (Å²) < 4.78 is 26.5. The quantitative estimate of drug-likeness (QED) is 0.842. The van der Waals surface area contributed by atoms with E-state index in [1.165, 1.54) is 12.1 Å². The summed E-state index contributed by atoms with van der Waals surface area (Å²) in [5.41, 5.74) is 1.76. The summed E-state index contributed by atoms with van der Waals surface area (Å²) in [5, 5.41) is 0. The Balaban J connectivity index is 1.50. The Bertz CT molecular complexity index is 686. The number of benzene rings is 1. The fourth-order valence-corrected chi connectivity index (χ4v) is 3.25. The Morgan fingerprint density at radius 2 is 1.83 bits per heavy atom. The molecule has 1 aromatic carbocycles. The standard InChI is InChI=1S/C19H20F2N2O/c20-17-10-16(11-18(21)12-17)9-15-5-8-23(13-15)19(24)2-1-14-3-6-22-7-4-14/h3-4,6-7,10-12,15H,1-2,5,8-9,13H2. The Morgan fingerprint density at radius 3 is 2.54 bits per heavy atom. The van der Waals surface area contributed by atoms with Gasteiger partial charge in [0.15, 0.2) is 0 Å². The number of amides is 1. The molecular weight excluding hydrogens is 310 g/mol. The molecule has 1 saturated heterocycles. The molecule has 0 aliphatic carbocycles. The van der Waals surface area contributed by atoms with Gasteiger partial charge in [-0.15, -0.1) is 0 Å². The van der Waals surface area contributed by atoms with Crippen LogP contribution in [0.2, 0.25) is 0 Å². The molecule has 1 aliphatic heterocycles. The normalized spacial score (nSPS) is 17.2. The van der Waals surface area contributed by atoms with Gasteiger partial charge in [-0.1, -0.05) is 0 Å². The molecule has 3 rings (SSSR count). The van der Waals surface area contributed by atoms with Gasteiger partial charge in [-0.05, 0) is 60.6 Å². The molecule has 3 nitrogen and oxygen atoms in total. The van der Waals surface area contributed by atoms with Crippen LogP contribution in [0.15, 0.2) is 42.7 Å². The number of nitrogens with zero attached hydrogens (tertiary/aromatic N) is 2. The van der Waals surface area contributed by atoms with Crippen LogP contribution in [0.4, 0.5) is 8.78 Å². The molecule has 1 amide bonds. The van der Waals surface area contributed by atoms with E-state index >= 15 is 0 Å². The predicted molar refractivity (Wildman–Crippen MR) is 87.3 cm³/mol. The number of carbonyl (C=O) groups excluding carboxylic acids is 1. The second-order valence-electron chi connectivity index (χ2n) is 6.33. The van der Waals surface area contributed by atoms with Crippen molar-refractivity contribution in [3.63, 3.8) is 0 Å². The third kappa shape index (κ3) is 4.37. The number of likely N-dealkylation sites (tertiary alicyclic amines) is 1. The van der Waals surface area contributed by atoms with Gasteiger partial charge in [0.2, 0.25) is 5.91 Å². The summed E-state index contributed by atoms with van der Waals surface area (Å²) in [5.74, 6) is -0.697. The number of hydrogen-bond donors (Lipinski definition) is 0. The van der Waals surface area contributed by atoms with Crippen molar-refractivity contribution in [3.05, 3.63) is 65.5 Å². The molecule has 1 unspecified atom stereocenters. The highest BCUT2D eigenvalue weighted by molar-refractivity contribution is 5.76. The maximum absolute atomic E-state index is 13.3. The number of rotatable bonds is 5. The third-order valence-electron chi connectivity index (χ3n) is 4.46. The van der Waals surface area contributed by atoms with Gasteiger partial charge in [0.1, 0.15) is 11.6 Å². The summed E-state index contributed by atoms with van der Waals surface area (Å²) in [6.07, 6.45) is 6.11. The Morgan fingerprint density at radius 1 is 1.12 bits per heavy atom. The zero-order chi connectivity index (χ0) is 16.9. The molecule has 24 heavy (non-hydrogen) atoms. The van der Waals surface area contributed by atoms with Crippen molar-refractivity contribution >= 4 is 5.91 Å². The van der Waals surface area contributed by atoms with Crippen molar-refractivity contribution in [2.45, 2.75) is 25.7 Å². The second kappa shape index (κ2) is 7.51. The highest BCUT2D eigenvalue weighted by atomic mass is 19.1. The lowest BCUT2D eigenvalue weighted by Gasteiger charge is -2.16. The monoisotopic (exact) mass is 330 g/mol. The summed E-state index contributed by atoms with van der Waals surface area (Å²) in [4.78, 5) is 18.1. The first kappa shape index (κ1) is 16.6. The van der Waals surface area contributed by atoms with Crippen molar-refractivity contribution in [3.8, 4) is 0 Å². The number of aryl methyl sites for hydroxylation is 1. The van der Waals surface area contributed by atoms with Crippen molar-refractivity contribution in [2.24, 2.45) is 5.92 Å².